The predicted molar refractivity (Wildman–Crippen MR) is 218 cm³/mol. The number of phenolic OH excluding ortho intramolecular Hbond substituents is 2. The summed E-state index contributed by atoms with van der Waals surface area (Å²) < 4.78 is 23.0. The first-order valence-corrected chi connectivity index (χ1v) is 19.3. The van der Waals surface area contributed by atoms with Crippen LogP contribution in [0.2, 0.25) is 0 Å². The van der Waals surface area contributed by atoms with Gasteiger partial charge in [-0.1, -0.05) is 118 Å². The average molecular weight is 753 g/mol. The normalized spacial score (nSPS) is 13.1. The Morgan fingerprint density at radius 1 is 0.527 bits per heavy atom. The van der Waals surface area contributed by atoms with E-state index in [4.69, 9.17) is 18.9 Å². The summed E-state index contributed by atoms with van der Waals surface area (Å²) in [5, 5.41) is 20.7. The van der Waals surface area contributed by atoms with Crippen molar-refractivity contribution in [1.82, 2.24) is 0 Å². The van der Waals surface area contributed by atoms with Gasteiger partial charge >= 0.3 is 11.9 Å². The summed E-state index contributed by atoms with van der Waals surface area (Å²) in [6.07, 6.45) is 1.17. The molecule has 4 rings (SSSR count). The molecule has 4 aromatic rings. The highest BCUT2D eigenvalue weighted by molar-refractivity contribution is 5.79. The van der Waals surface area contributed by atoms with Crippen molar-refractivity contribution in [2.45, 2.75) is 110 Å². The zero-order chi connectivity index (χ0) is 40.6. The minimum atomic E-state index is -0.423. The van der Waals surface area contributed by atoms with Gasteiger partial charge in [0.2, 0.25) is 0 Å². The second-order valence-electron chi connectivity index (χ2n) is 16.7. The predicted octanol–water partition coefficient (Wildman–Crippen LogP) is 10.3. The molecule has 2 unspecified atom stereocenters. The van der Waals surface area contributed by atoms with Crippen molar-refractivity contribution in [2.24, 2.45) is 0 Å². The fourth-order valence-electron chi connectivity index (χ4n) is 6.73. The molecule has 296 valence electrons. The minimum absolute atomic E-state index is 0.126. The van der Waals surface area contributed by atoms with Crippen LogP contribution in [0.5, 0.6) is 23.0 Å². The van der Waals surface area contributed by atoms with Gasteiger partial charge in [0.15, 0.2) is 0 Å². The third-order valence-electron chi connectivity index (χ3n) is 10.2. The molecule has 0 heterocycles. The van der Waals surface area contributed by atoms with Crippen LogP contribution in [0.15, 0.2) is 84.9 Å². The van der Waals surface area contributed by atoms with Crippen LogP contribution in [0.4, 0.5) is 0 Å². The lowest BCUT2D eigenvalue weighted by Gasteiger charge is -2.26. The van der Waals surface area contributed by atoms with E-state index >= 15 is 0 Å². The molecule has 0 aliphatic carbocycles. The molecule has 0 spiro atoms. The number of benzene rings is 4. The molecule has 55 heavy (non-hydrogen) atoms. The van der Waals surface area contributed by atoms with Gasteiger partial charge in [0.1, 0.15) is 49.4 Å². The first-order chi connectivity index (χ1) is 25.9. The van der Waals surface area contributed by atoms with E-state index in [1.807, 2.05) is 116 Å². The highest BCUT2D eigenvalue weighted by Gasteiger charge is 2.27. The minimum Gasteiger partial charge on any atom is -0.508 e. The Morgan fingerprint density at radius 2 is 0.873 bits per heavy atom. The van der Waals surface area contributed by atoms with Crippen molar-refractivity contribution in [3.8, 4) is 23.0 Å². The SMILES string of the molecule is CCC(C(=O)OCCOc1ccc(C(C)(C)c2ccc(OCCOC(=O)C(CC)c3ccc(O)c(C(C)(C)C)c3)cc2)cc1)c1ccc(O)c(C(C)(C)C)c1. The maximum absolute atomic E-state index is 13.0. The zero-order valence-corrected chi connectivity index (χ0v) is 34.3. The molecule has 0 saturated carbocycles. The van der Waals surface area contributed by atoms with Crippen LogP contribution in [0, 0.1) is 0 Å². The van der Waals surface area contributed by atoms with Crippen LogP contribution >= 0.6 is 0 Å². The summed E-state index contributed by atoms with van der Waals surface area (Å²) in [5.74, 6) is 0.352. The Kier molecular flexibility index (Phi) is 14.1. The number of carbonyl (C=O) groups excluding carboxylic acids is 2. The van der Waals surface area contributed by atoms with Gasteiger partial charge in [0, 0.05) is 5.41 Å². The molecule has 0 aliphatic heterocycles. The average Bonchev–Trinajstić information content (AvgIpc) is 3.13. The summed E-state index contributed by atoms with van der Waals surface area (Å²) in [7, 11) is 0. The highest BCUT2D eigenvalue weighted by atomic mass is 16.6. The van der Waals surface area contributed by atoms with Crippen molar-refractivity contribution in [3.05, 3.63) is 118 Å². The Morgan fingerprint density at radius 3 is 1.18 bits per heavy atom. The third-order valence-corrected chi connectivity index (χ3v) is 10.2. The second-order valence-corrected chi connectivity index (χ2v) is 16.7. The number of hydrogen-bond donors (Lipinski definition) is 2. The number of ether oxygens (including phenoxy) is 4. The Bertz CT molecular complexity index is 1740. The fourth-order valence-corrected chi connectivity index (χ4v) is 6.73. The molecule has 0 saturated heterocycles. The summed E-state index contributed by atoms with van der Waals surface area (Å²) in [5.41, 5.74) is 4.67. The van der Waals surface area contributed by atoms with Crippen molar-refractivity contribution < 1.29 is 38.7 Å². The number of aromatic hydroxyl groups is 2. The van der Waals surface area contributed by atoms with E-state index in [0.29, 0.717) is 24.3 Å². The number of phenols is 2. The lowest BCUT2D eigenvalue weighted by molar-refractivity contribution is -0.147. The van der Waals surface area contributed by atoms with Gasteiger partial charge in [-0.25, -0.2) is 0 Å². The molecule has 8 nitrogen and oxygen atoms in total. The van der Waals surface area contributed by atoms with E-state index in [1.54, 1.807) is 24.3 Å². The highest BCUT2D eigenvalue weighted by Crippen LogP contribution is 2.36. The van der Waals surface area contributed by atoms with Gasteiger partial charge < -0.3 is 29.2 Å². The lowest BCUT2D eigenvalue weighted by Crippen LogP contribution is -2.20. The Hall–Kier alpha value is -4.98. The van der Waals surface area contributed by atoms with Crippen LogP contribution in [0.3, 0.4) is 0 Å². The molecule has 8 heteroatoms. The van der Waals surface area contributed by atoms with Gasteiger partial charge in [0.25, 0.3) is 0 Å². The summed E-state index contributed by atoms with van der Waals surface area (Å²) in [6, 6.07) is 26.5. The number of esters is 2. The monoisotopic (exact) mass is 752 g/mol. The number of hydrogen-bond acceptors (Lipinski definition) is 8. The van der Waals surface area contributed by atoms with Crippen molar-refractivity contribution >= 4 is 11.9 Å². The van der Waals surface area contributed by atoms with E-state index in [-0.39, 0.29) is 66.1 Å². The van der Waals surface area contributed by atoms with Crippen LogP contribution < -0.4 is 9.47 Å². The Labute approximate surface area is 327 Å². The standard InChI is InChI=1S/C47H60O8/c1-11-37(31-13-23-41(48)39(29-31)45(3,4)5)43(50)54-27-25-52-35-19-15-33(16-20-35)47(9,10)34-17-21-36(22-18-34)53-26-28-55-44(51)38(12-2)32-14-24-42(49)40(30-32)46(6,7)8/h13-24,29-30,37-38,48-49H,11-12,25-28H2,1-10H3. The van der Waals surface area contributed by atoms with Gasteiger partial charge in [-0.3, -0.25) is 9.59 Å². The topological polar surface area (TPSA) is 112 Å². The molecule has 0 bridgehead atoms. The first-order valence-electron chi connectivity index (χ1n) is 19.3. The van der Waals surface area contributed by atoms with Gasteiger partial charge in [-0.2, -0.15) is 0 Å². The molecular weight excluding hydrogens is 693 g/mol. The van der Waals surface area contributed by atoms with E-state index in [0.717, 1.165) is 33.4 Å². The summed E-state index contributed by atoms with van der Waals surface area (Å²) >= 11 is 0. The van der Waals surface area contributed by atoms with Gasteiger partial charge in [-0.05, 0) is 93.5 Å². The van der Waals surface area contributed by atoms with Crippen LogP contribution in [0.25, 0.3) is 0 Å². The Balaban J connectivity index is 1.24. The summed E-state index contributed by atoms with van der Waals surface area (Å²) in [6.45, 7) is 21.1. The smallest absolute Gasteiger partial charge is 0.313 e. The van der Waals surface area contributed by atoms with E-state index in [9.17, 15) is 19.8 Å². The van der Waals surface area contributed by atoms with E-state index in [1.165, 1.54) is 0 Å². The second kappa shape index (κ2) is 18.1. The molecule has 0 aliphatic rings. The van der Waals surface area contributed by atoms with Gasteiger partial charge in [-0.15, -0.1) is 0 Å². The zero-order valence-electron chi connectivity index (χ0n) is 34.3. The van der Waals surface area contributed by atoms with Crippen LogP contribution in [-0.2, 0) is 35.3 Å². The van der Waals surface area contributed by atoms with Crippen molar-refractivity contribution in [3.63, 3.8) is 0 Å². The molecule has 2 atom stereocenters. The molecule has 2 N–H and O–H groups in total. The fraction of sp³-hybridized carbons (Fsp3) is 0.447. The van der Waals surface area contributed by atoms with E-state index in [2.05, 4.69) is 13.8 Å². The lowest BCUT2D eigenvalue weighted by atomic mass is 9.78. The van der Waals surface area contributed by atoms with Crippen LogP contribution in [0.1, 0.15) is 127 Å². The number of rotatable bonds is 16. The molecule has 0 fully saturated rings. The maximum Gasteiger partial charge on any atom is 0.313 e. The van der Waals surface area contributed by atoms with E-state index < -0.39 is 11.8 Å². The largest absolute Gasteiger partial charge is 0.508 e. The molecule has 4 aromatic carbocycles. The quantitative estimate of drug-likeness (QED) is 0.0860. The molecule has 0 amide bonds. The first kappa shape index (κ1) is 42.8. The van der Waals surface area contributed by atoms with Crippen molar-refractivity contribution in [1.29, 1.82) is 0 Å². The van der Waals surface area contributed by atoms with Crippen molar-refractivity contribution in [2.75, 3.05) is 26.4 Å². The number of carbonyl (C=O) groups is 2. The third kappa shape index (κ3) is 11.1. The summed E-state index contributed by atoms with van der Waals surface area (Å²) in [4.78, 5) is 26.0. The molecule has 0 aromatic heterocycles. The maximum atomic E-state index is 13.0. The molecule has 0 radical (unpaired) electrons. The van der Waals surface area contributed by atoms with Gasteiger partial charge in [0.05, 0.1) is 11.8 Å². The van der Waals surface area contributed by atoms with Crippen LogP contribution in [-0.4, -0.2) is 48.6 Å². The molecular formula is C47H60O8.